The fraction of sp³-hybridized carbons (Fsp3) is 0.917. The molecule has 0 radical (unpaired) electrons. The second-order valence-corrected chi connectivity index (χ2v) is 5.83. The van der Waals surface area contributed by atoms with Gasteiger partial charge in [0, 0.05) is 13.1 Å². The smallest absolute Gasteiger partial charge is 0.191 e. The molecule has 0 spiro atoms. The standard InChI is InChI=1S/C12H25N3/c1-9-6-7-15(8-10(9)2)11(13)14-12(3,4)5/h9-10H,6-8H2,1-5H3,(H2,13,14). The van der Waals surface area contributed by atoms with E-state index in [0.717, 1.165) is 19.0 Å². The summed E-state index contributed by atoms with van der Waals surface area (Å²) in [6, 6.07) is 0. The van der Waals surface area contributed by atoms with E-state index in [4.69, 9.17) is 5.73 Å². The molecular formula is C12H25N3. The Balaban J connectivity index is 2.62. The second kappa shape index (κ2) is 4.42. The van der Waals surface area contributed by atoms with Crippen LogP contribution in [0.4, 0.5) is 0 Å². The van der Waals surface area contributed by atoms with Gasteiger partial charge in [-0.2, -0.15) is 0 Å². The summed E-state index contributed by atoms with van der Waals surface area (Å²) < 4.78 is 0. The Kier molecular flexibility index (Phi) is 3.63. The van der Waals surface area contributed by atoms with Crippen molar-refractivity contribution in [1.82, 2.24) is 4.90 Å². The normalized spacial score (nSPS) is 29.4. The number of hydrogen-bond acceptors (Lipinski definition) is 1. The van der Waals surface area contributed by atoms with Gasteiger partial charge in [0.1, 0.15) is 0 Å². The van der Waals surface area contributed by atoms with Crippen LogP contribution in [0, 0.1) is 11.8 Å². The third-order valence-corrected chi connectivity index (χ3v) is 3.11. The number of piperidine rings is 1. The lowest BCUT2D eigenvalue weighted by atomic mass is 9.89. The fourth-order valence-corrected chi connectivity index (χ4v) is 1.89. The van der Waals surface area contributed by atoms with Crippen molar-refractivity contribution in [2.45, 2.75) is 46.6 Å². The van der Waals surface area contributed by atoms with Crippen molar-refractivity contribution in [2.75, 3.05) is 13.1 Å². The predicted octanol–water partition coefficient (Wildman–Crippen LogP) is 2.08. The van der Waals surface area contributed by atoms with Crippen LogP contribution in [-0.2, 0) is 0 Å². The van der Waals surface area contributed by atoms with Gasteiger partial charge in [-0.25, -0.2) is 4.99 Å². The van der Waals surface area contributed by atoms with Gasteiger partial charge < -0.3 is 10.6 Å². The minimum absolute atomic E-state index is 0.0730. The number of hydrogen-bond donors (Lipinski definition) is 1. The molecule has 1 saturated heterocycles. The summed E-state index contributed by atoms with van der Waals surface area (Å²) in [7, 11) is 0. The summed E-state index contributed by atoms with van der Waals surface area (Å²) in [5.74, 6) is 2.23. The van der Waals surface area contributed by atoms with Crippen molar-refractivity contribution in [3.8, 4) is 0 Å². The molecule has 0 bridgehead atoms. The molecule has 0 aromatic heterocycles. The van der Waals surface area contributed by atoms with Crippen LogP contribution in [0.5, 0.6) is 0 Å². The lowest BCUT2D eigenvalue weighted by Gasteiger charge is -2.36. The number of nitrogens with two attached hydrogens (primary N) is 1. The Labute approximate surface area is 93.7 Å². The van der Waals surface area contributed by atoms with E-state index in [0.29, 0.717) is 11.9 Å². The van der Waals surface area contributed by atoms with E-state index in [9.17, 15) is 0 Å². The summed E-state index contributed by atoms with van der Waals surface area (Å²) in [6.45, 7) is 12.9. The average molecular weight is 211 g/mol. The zero-order chi connectivity index (χ0) is 11.6. The van der Waals surface area contributed by atoms with Crippen molar-refractivity contribution in [2.24, 2.45) is 22.6 Å². The summed E-state index contributed by atoms with van der Waals surface area (Å²) in [4.78, 5) is 6.73. The Bertz CT molecular complexity index is 240. The molecule has 0 aromatic rings. The first kappa shape index (κ1) is 12.3. The molecule has 0 aromatic carbocycles. The van der Waals surface area contributed by atoms with Crippen LogP contribution in [0.3, 0.4) is 0 Å². The van der Waals surface area contributed by atoms with Crippen LogP contribution >= 0.6 is 0 Å². The van der Waals surface area contributed by atoms with Crippen LogP contribution in [-0.4, -0.2) is 29.5 Å². The molecule has 15 heavy (non-hydrogen) atoms. The van der Waals surface area contributed by atoms with Gasteiger partial charge in [-0.15, -0.1) is 0 Å². The fourth-order valence-electron chi connectivity index (χ4n) is 1.89. The molecule has 0 saturated carbocycles. The first-order valence-electron chi connectivity index (χ1n) is 5.90. The molecule has 1 rings (SSSR count). The highest BCUT2D eigenvalue weighted by atomic mass is 15.3. The van der Waals surface area contributed by atoms with Crippen molar-refractivity contribution in [1.29, 1.82) is 0 Å². The molecule has 88 valence electrons. The van der Waals surface area contributed by atoms with E-state index in [1.54, 1.807) is 0 Å². The van der Waals surface area contributed by atoms with Crippen molar-refractivity contribution < 1.29 is 0 Å². The molecule has 3 heteroatoms. The van der Waals surface area contributed by atoms with E-state index in [1.807, 2.05) is 0 Å². The number of likely N-dealkylation sites (tertiary alicyclic amines) is 1. The lowest BCUT2D eigenvalue weighted by Crippen LogP contribution is -2.46. The van der Waals surface area contributed by atoms with E-state index >= 15 is 0 Å². The maximum Gasteiger partial charge on any atom is 0.191 e. The SMILES string of the molecule is CC1CCN(C(N)=NC(C)(C)C)CC1C. The average Bonchev–Trinajstić information content (AvgIpc) is 2.06. The highest BCUT2D eigenvalue weighted by Crippen LogP contribution is 2.22. The maximum absolute atomic E-state index is 6.02. The number of nitrogens with zero attached hydrogens (tertiary/aromatic N) is 2. The van der Waals surface area contributed by atoms with Gasteiger partial charge in [-0.1, -0.05) is 13.8 Å². The van der Waals surface area contributed by atoms with Crippen LogP contribution in [0.2, 0.25) is 0 Å². The van der Waals surface area contributed by atoms with Gasteiger partial charge in [0.05, 0.1) is 5.54 Å². The van der Waals surface area contributed by atoms with Crippen LogP contribution < -0.4 is 5.73 Å². The molecule has 3 nitrogen and oxygen atoms in total. The predicted molar refractivity (Wildman–Crippen MR) is 65.9 cm³/mol. The molecule has 2 N–H and O–H groups in total. The minimum atomic E-state index is -0.0730. The molecule has 2 unspecified atom stereocenters. The third-order valence-electron chi connectivity index (χ3n) is 3.11. The number of guanidine groups is 1. The third kappa shape index (κ3) is 3.73. The highest BCUT2D eigenvalue weighted by molar-refractivity contribution is 5.78. The molecule has 0 aliphatic carbocycles. The van der Waals surface area contributed by atoms with Gasteiger partial charge in [-0.3, -0.25) is 0 Å². The second-order valence-electron chi connectivity index (χ2n) is 5.83. The van der Waals surface area contributed by atoms with E-state index in [-0.39, 0.29) is 5.54 Å². The lowest BCUT2D eigenvalue weighted by molar-refractivity contribution is 0.201. The molecule has 1 fully saturated rings. The summed E-state index contributed by atoms with van der Waals surface area (Å²) >= 11 is 0. The Morgan fingerprint density at radius 1 is 1.27 bits per heavy atom. The molecule has 1 aliphatic heterocycles. The quantitative estimate of drug-likeness (QED) is 0.492. The van der Waals surface area contributed by atoms with Crippen molar-refractivity contribution in [3.05, 3.63) is 0 Å². The largest absolute Gasteiger partial charge is 0.370 e. The molecule has 0 amide bonds. The molecule has 1 heterocycles. The van der Waals surface area contributed by atoms with Crippen LogP contribution in [0.15, 0.2) is 4.99 Å². The highest BCUT2D eigenvalue weighted by Gasteiger charge is 2.24. The summed E-state index contributed by atoms with van der Waals surface area (Å²) in [5, 5.41) is 0. The summed E-state index contributed by atoms with van der Waals surface area (Å²) in [5.41, 5.74) is 5.95. The van der Waals surface area contributed by atoms with E-state index in [1.165, 1.54) is 6.42 Å². The number of rotatable bonds is 0. The van der Waals surface area contributed by atoms with E-state index < -0.39 is 0 Å². The van der Waals surface area contributed by atoms with Crippen LogP contribution in [0.25, 0.3) is 0 Å². The van der Waals surface area contributed by atoms with Gasteiger partial charge in [0.2, 0.25) is 0 Å². The topological polar surface area (TPSA) is 41.6 Å². The van der Waals surface area contributed by atoms with Crippen molar-refractivity contribution in [3.63, 3.8) is 0 Å². The van der Waals surface area contributed by atoms with Crippen LogP contribution in [0.1, 0.15) is 41.0 Å². The van der Waals surface area contributed by atoms with E-state index in [2.05, 4.69) is 44.5 Å². The zero-order valence-corrected chi connectivity index (χ0v) is 10.7. The monoisotopic (exact) mass is 211 g/mol. The maximum atomic E-state index is 6.02. The Morgan fingerprint density at radius 3 is 2.33 bits per heavy atom. The number of aliphatic imine (C=N–C) groups is 1. The Hall–Kier alpha value is -0.730. The first-order chi connectivity index (χ1) is 6.79. The first-order valence-corrected chi connectivity index (χ1v) is 5.90. The Morgan fingerprint density at radius 2 is 1.87 bits per heavy atom. The van der Waals surface area contributed by atoms with Gasteiger partial charge in [0.15, 0.2) is 5.96 Å². The van der Waals surface area contributed by atoms with Gasteiger partial charge in [0.25, 0.3) is 0 Å². The molecular weight excluding hydrogens is 186 g/mol. The summed E-state index contributed by atoms with van der Waals surface area (Å²) in [6.07, 6.45) is 1.22. The van der Waals surface area contributed by atoms with Gasteiger partial charge in [-0.05, 0) is 39.0 Å². The van der Waals surface area contributed by atoms with Gasteiger partial charge >= 0.3 is 0 Å². The van der Waals surface area contributed by atoms with Crippen molar-refractivity contribution >= 4 is 5.96 Å². The molecule has 1 aliphatic rings. The minimum Gasteiger partial charge on any atom is -0.370 e. The zero-order valence-electron chi connectivity index (χ0n) is 10.7. The molecule has 2 atom stereocenters.